The van der Waals surface area contributed by atoms with Gasteiger partial charge in [0.2, 0.25) is 0 Å². The monoisotopic (exact) mass is 337 g/mol. The maximum atomic E-state index is 13.0. The largest absolute Gasteiger partial charge is 0.346 e. The fourth-order valence-electron chi connectivity index (χ4n) is 2.64. The molecule has 25 heavy (non-hydrogen) atoms. The molecule has 1 heterocycles. The predicted octanol–water partition coefficient (Wildman–Crippen LogP) is 3.87. The minimum Gasteiger partial charge on any atom is -0.346 e. The number of halogens is 1. The van der Waals surface area contributed by atoms with Gasteiger partial charge >= 0.3 is 0 Å². The van der Waals surface area contributed by atoms with Gasteiger partial charge in [0.1, 0.15) is 11.6 Å². The third-order valence-corrected chi connectivity index (χ3v) is 4.21. The Kier molecular flexibility index (Phi) is 4.93. The number of hydrogen-bond donors (Lipinski definition) is 1. The zero-order valence-corrected chi connectivity index (χ0v) is 14.2. The zero-order valence-electron chi connectivity index (χ0n) is 14.2. The molecule has 0 fully saturated rings. The summed E-state index contributed by atoms with van der Waals surface area (Å²) in [5.41, 5.74) is 2.56. The smallest absolute Gasteiger partial charge is 0.251 e. The molecule has 0 radical (unpaired) electrons. The van der Waals surface area contributed by atoms with Crippen molar-refractivity contribution in [1.82, 2.24) is 14.9 Å². The molecule has 0 bridgehead atoms. The Bertz CT molecular complexity index is 853. The Labute approximate surface area is 146 Å². The van der Waals surface area contributed by atoms with E-state index in [1.807, 2.05) is 48.9 Å². The fourth-order valence-corrected chi connectivity index (χ4v) is 2.64. The van der Waals surface area contributed by atoms with E-state index in [0.29, 0.717) is 5.56 Å². The topological polar surface area (TPSA) is 46.9 Å². The summed E-state index contributed by atoms with van der Waals surface area (Å²) in [6.45, 7) is 4.56. The van der Waals surface area contributed by atoms with Crippen molar-refractivity contribution >= 4 is 5.91 Å². The summed E-state index contributed by atoms with van der Waals surface area (Å²) in [4.78, 5) is 16.6. The number of nitrogens with one attached hydrogen (secondary N) is 1. The highest BCUT2D eigenvalue weighted by atomic mass is 19.1. The van der Waals surface area contributed by atoms with Crippen molar-refractivity contribution in [1.29, 1.82) is 0 Å². The van der Waals surface area contributed by atoms with Crippen LogP contribution < -0.4 is 5.32 Å². The van der Waals surface area contributed by atoms with Crippen LogP contribution in [0.1, 0.15) is 40.3 Å². The standard InChI is InChI=1S/C20H20FN3O/c1-14(17-7-9-19(21)10-8-17)23-20(25)18-5-3-16(4-6-18)13-24-12-11-22-15(24)2/h3-12,14H,13H2,1-2H3,(H,23,25)/t14-/m1/s1. The average Bonchev–Trinajstić information content (AvgIpc) is 3.01. The van der Waals surface area contributed by atoms with Crippen LogP contribution in [0.25, 0.3) is 0 Å². The predicted molar refractivity (Wildman–Crippen MR) is 94.8 cm³/mol. The molecule has 1 aromatic heterocycles. The normalized spacial score (nSPS) is 12.0. The molecule has 0 aliphatic carbocycles. The van der Waals surface area contributed by atoms with Gasteiger partial charge in [-0.1, -0.05) is 24.3 Å². The molecule has 0 aliphatic heterocycles. The van der Waals surface area contributed by atoms with Gasteiger partial charge in [0.15, 0.2) is 0 Å². The number of aryl methyl sites for hydroxylation is 1. The van der Waals surface area contributed by atoms with E-state index in [9.17, 15) is 9.18 Å². The van der Waals surface area contributed by atoms with Crippen molar-refractivity contribution in [3.05, 3.63) is 89.3 Å². The number of carbonyl (C=O) groups is 1. The van der Waals surface area contributed by atoms with Gasteiger partial charge in [0.25, 0.3) is 5.91 Å². The van der Waals surface area contributed by atoms with Crippen LogP contribution in [0, 0.1) is 12.7 Å². The lowest BCUT2D eigenvalue weighted by Crippen LogP contribution is -2.26. The third kappa shape index (κ3) is 4.12. The molecule has 3 rings (SSSR count). The van der Waals surface area contributed by atoms with Crippen molar-refractivity contribution in [2.75, 3.05) is 0 Å². The molecule has 5 heteroatoms. The van der Waals surface area contributed by atoms with Crippen molar-refractivity contribution in [2.45, 2.75) is 26.4 Å². The number of nitrogens with zero attached hydrogens (tertiary/aromatic N) is 2. The molecular weight excluding hydrogens is 317 g/mol. The first kappa shape index (κ1) is 16.9. The molecule has 128 valence electrons. The molecule has 1 atom stereocenters. The van der Waals surface area contributed by atoms with E-state index in [-0.39, 0.29) is 17.8 Å². The highest BCUT2D eigenvalue weighted by Crippen LogP contribution is 2.14. The molecule has 0 saturated carbocycles. The van der Waals surface area contributed by atoms with Gasteiger partial charge in [-0.2, -0.15) is 0 Å². The molecule has 1 N–H and O–H groups in total. The minimum atomic E-state index is -0.286. The van der Waals surface area contributed by atoms with E-state index >= 15 is 0 Å². The van der Waals surface area contributed by atoms with Crippen molar-refractivity contribution in [2.24, 2.45) is 0 Å². The van der Waals surface area contributed by atoms with Crippen LogP contribution in [0.2, 0.25) is 0 Å². The Morgan fingerprint density at radius 2 is 1.84 bits per heavy atom. The molecule has 3 aromatic rings. The van der Waals surface area contributed by atoms with Crippen molar-refractivity contribution in [3.8, 4) is 0 Å². The lowest BCUT2D eigenvalue weighted by molar-refractivity contribution is 0.0940. The summed E-state index contributed by atoms with van der Waals surface area (Å²) in [7, 11) is 0. The van der Waals surface area contributed by atoms with Crippen LogP contribution >= 0.6 is 0 Å². The Balaban J connectivity index is 1.64. The zero-order chi connectivity index (χ0) is 17.8. The van der Waals surface area contributed by atoms with Gasteiger partial charge in [0, 0.05) is 24.5 Å². The third-order valence-electron chi connectivity index (χ3n) is 4.21. The van der Waals surface area contributed by atoms with Crippen molar-refractivity contribution < 1.29 is 9.18 Å². The molecule has 0 saturated heterocycles. The van der Waals surface area contributed by atoms with Gasteiger partial charge in [-0.25, -0.2) is 9.37 Å². The van der Waals surface area contributed by atoms with Crippen LogP contribution in [-0.4, -0.2) is 15.5 Å². The van der Waals surface area contributed by atoms with Crippen LogP contribution in [0.3, 0.4) is 0 Å². The van der Waals surface area contributed by atoms with Gasteiger partial charge in [-0.3, -0.25) is 4.79 Å². The molecule has 0 aliphatic rings. The summed E-state index contributed by atoms with van der Waals surface area (Å²) < 4.78 is 15.0. The summed E-state index contributed by atoms with van der Waals surface area (Å²) in [5, 5.41) is 2.93. The lowest BCUT2D eigenvalue weighted by Gasteiger charge is -2.14. The quantitative estimate of drug-likeness (QED) is 0.768. The summed E-state index contributed by atoms with van der Waals surface area (Å²) in [6, 6.07) is 13.5. The average molecular weight is 337 g/mol. The van der Waals surface area contributed by atoms with Crippen LogP contribution in [0.4, 0.5) is 4.39 Å². The first-order valence-electron chi connectivity index (χ1n) is 8.16. The Hall–Kier alpha value is -2.95. The summed E-state index contributed by atoms with van der Waals surface area (Å²) >= 11 is 0. The van der Waals surface area contributed by atoms with Gasteiger partial charge < -0.3 is 9.88 Å². The second-order valence-corrected chi connectivity index (χ2v) is 6.05. The highest BCUT2D eigenvalue weighted by Gasteiger charge is 2.11. The van der Waals surface area contributed by atoms with E-state index < -0.39 is 0 Å². The highest BCUT2D eigenvalue weighted by molar-refractivity contribution is 5.94. The molecule has 1 amide bonds. The number of aromatic nitrogens is 2. The van der Waals surface area contributed by atoms with E-state index in [4.69, 9.17) is 0 Å². The number of amides is 1. The number of benzene rings is 2. The lowest BCUT2D eigenvalue weighted by atomic mass is 10.1. The number of imidazole rings is 1. The van der Waals surface area contributed by atoms with Gasteiger partial charge in [0.05, 0.1) is 6.04 Å². The number of carbonyl (C=O) groups excluding carboxylic acids is 1. The SMILES string of the molecule is Cc1nccn1Cc1ccc(C(=O)N[C@H](C)c2ccc(F)cc2)cc1. The summed E-state index contributed by atoms with van der Waals surface area (Å²) in [5.74, 6) is 0.517. The van der Waals surface area contributed by atoms with Crippen LogP contribution in [0.5, 0.6) is 0 Å². The summed E-state index contributed by atoms with van der Waals surface area (Å²) in [6.07, 6.45) is 3.70. The molecule has 0 spiro atoms. The fraction of sp³-hybridized carbons (Fsp3) is 0.200. The molecular formula is C20H20FN3O. The second kappa shape index (κ2) is 7.30. The maximum absolute atomic E-state index is 13.0. The van der Waals surface area contributed by atoms with Crippen molar-refractivity contribution in [3.63, 3.8) is 0 Å². The Morgan fingerprint density at radius 3 is 2.44 bits per heavy atom. The van der Waals surface area contributed by atoms with E-state index in [2.05, 4.69) is 10.3 Å². The Morgan fingerprint density at radius 1 is 1.16 bits per heavy atom. The number of rotatable bonds is 5. The number of hydrogen-bond acceptors (Lipinski definition) is 2. The maximum Gasteiger partial charge on any atom is 0.251 e. The van der Waals surface area contributed by atoms with Gasteiger partial charge in [-0.05, 0) is 49.2 Å². The molecule has 0 unspecified atom stereocenters. The van der Waals surface area contributed by atoms with E-state index in [1.165, 1.54) is 12.1 Å². The first-order valence-corrected chi connectivity index (χ1v) is 8.16. The molecule has 2 aromatic carbocycles. The minimum absolute atomic E-state index is 0.151. The molecule has 4 nitrogen and oxygen atoms in total. The van der Waals surface area contributed by atoms with Crippen LogP contribution in [0.15, 0.2) is 60.9 Å². The van der Waals surface area contributed by atoms with E-state index in [1.54, 1.807) is 18.3 Å². The first-order chi connectivity index (χ1) is 12.0. The second-order valence-electron chi connectivity index (χ2n) is 6.05. The van der Waals surface area contributed by atoms with E-state index in [0.717, 1.165) is 23.5 Å². The van der Waals surface area contributed by atoms with Crippen LogP contribution in [-0.2, 0) is 6.54 Å². The van der Waals surface area contributed by atoms with Gasteiger partial charge in [-0.15, -0.1) is 0 Å².